The van der Waals surface area contributed by atoms with Gasteiger partial charge in [-0.3, -0.25) is 33.6 Å². The van der Waals surface area contributed by atoms with Gasteiger partial charge in [0.15, 0.2) is 0 Å². The van der Waals surface area contributed by atoms with Gasteiger partial charge in [0.2, 0.25) is 29.5 Å². The Bertz CT molecular complexity index is 2480. The topological polar surface area (TPSA) is 294 Å². The summed E-state index contributed by atoms with van der Waals surface area (Å²) in [6, 6.07) is -1.29. The zero-order valence-corrected chi connectivity index (χ0v) is 76.4. The van der Waals surface area contributed by atoms with E-state index in [1.807, 2.05) is 6.92 Å². The molecule has 0 aliphatic carbocycles. The van der Waals surface area contributed by atoms with Crippen LogP contribution in [0.5, 0.6) is 0 Å². The molecule has 0 spiro atoms. The van der Waals surface area contributed by atoms with Crippen molar-refractivity contribution in [3.63, 3.8) is 0 Å². The molecule has 0 radical (unpaired) electrons. The predicted molar refractivity (Wildman–Crippen MR) is 464 cm³/mol. The number of ketones is 2. The molecular formula is C89H179N13O9. The Hall–Kier alpha value is -3.71. The lowest BCUT2D eigenvalue weighted by atomic mass is 9.90. The molecule has 0 rings (SSSR count). The number of hydrogen-bond donors (Lipinski definition) is 13. The van der Waals surface area contributed by atoms with Crippen LogP contribution in [0.3, 0.4) is 0 Å². The summed E-state index contributed by atoms with van der Waals surface area (Å²) in [4.78, 5) is 98.3. The van der Waals surface area contributed by atoms with E-state index in [-0.39, 0.29) is 127 Å². The van der Waals surface area contributed by atoms with Crippen LogP contribution < -0.4 is 69.1 Å². The third-order valence-electron chi connectivity index (χ3n) is 19.2. The van der Waals surface area contributed by atoms with Crippen molar-refractivity contribution in [2.45, 2.75) is 428 Å². The Morgan fingerprint density at radius 2 is 0.514 bits per heavy atom. The molecule has 22 nitrogen and oxygen atoms in total. The molecule has 0 aromatic carbocycles. The average molecular weight is 1580 g/mol. The number of amides is 5. The van der Waals surface area contributed by atoms with E-state index in [0.717, 1.165) is 110 Å². The number of ether oxygens (including phenoxy) is 2. The first-order chi connectivity index (χ1) is 51.5. The number of hydrogen-bond acceptors (Lipinski definition) is 17. The Labute approximate surface area is 680 Å². The van der Waals surface area contributed by atoms with Crippen molar-refractivity contribution in [3.8, 4) is 0 Å². The molecule has 111 heavy (non-hydrogen) atoms. The second kappa shape index (κ2) is 57.4. The Kier molecular flexibility index (Phi) is 55.5. The molecule has 13 N–H and O–H groups in total. The zero-order valence-electron chi connectivity index (χ0n) is 76.4. The average Bonchev–Trinajstić information content (AvgIpc) is 0.905. The van der Waals surface area contributed by atoms with Crippen molar-refractivity contribution in [2.75, 3.05) is 85.3 Å². The zero-order chi connectivity index (χ0) is 84.4. The maximum atomic E-state index is 14.4. The molecule has 654 valence electrons. The first-order valence-corrected chi connectivity index (χ1v) is 44.2. The van der Waals surface area contributed by atoms with Crippen LogP contribution >= 0.6 is 0 Å². The van der Waals surface area contributed by atoms with Gasteiger partial charge in [-0.05, 0) is 321 Å². The fourth-order valence-electron chi connectivity index (χ4n) is 13.6. The molecule has 0 fully saturated rings. The Balaban J connectivity index is 6.55. The summed E-state index contributed by atoms with van der Waals surface area (Å²) in [6.07, 6.45) is 20.9. The third kappa shape index (κ3) is 66.1. The summed E-state index contributed by atoms with van der Waals surface area (Å²) < 4.78 is 11.3. The van der Waals surface area contributed by atoms with Crippen molar-refractivity contribution in [2.24, 2.45) is 17.8 Å². The van der Waals surface area contributed by atoms with Crippen molar-refractivity contribution in [1.29, 1.82) is 0 Å². The van der Waals surface area contributed by atoms with Gasteiger partial charge in [0.25, 0.3) is 0 Å². The summed E-state index contributed by atoms with van der Waals surface area (Å²) in [5, 5.41) is 44.6. The molecule has 22 heteroatoms. The van der Waals surface area contributed by atoms with Crippen LogP contribution in [0.25, 0.3) is 0 Å². The van der Waals surface area contributed by atoms with Gasteiger partial charge in [-0.15, -0.1) is 0 Å². The highest BCUT2D eigenvalue weighted by molar-refractivity contribution is 5.85. The highest BCUT2D eigenvalue weighted by atomic mass is 16.5. The molecule has 0 saturated carbocycles. The Morgan fingerprint density at radius 3 is 0.874 bits per heavy atom. The van der Waals surface area contributed by atoms with Crippen molar-refractivity contribution in [1.82, 2.24) is 69.1 Å². The first-order valence-electron chi connectivity index (χ1n) is 44.2. The molecule has 0 aromatic heterocycles. The monoisotopic (exact) mass is 1570 g/mol. The predicted octanol–water partition coefficient (Wildman–Crippen LogP) is 13.5. The number of rotatable bonds is 65. The van der Waals surface area contributed by atoms with Gasteiger partial charge in [0.1, 0.15) is 11.6 Å². The molecule has 0 aromatic rings. The Morgan fingerprint density at radius 1 is 0.234 bits per heavy atom. The van der Waals surface area contributed by atoms with Gasteiger partial charge >= 0.3 is 0 Å². The van der Waals surface area contributed by atoms with Crippen molar-refractivity contribution < 1.29 is 43.0 Å². The van der Waals surface area contributed by atoms with Crippen LogP contribution in [0.4, 0.5) is 0 Å². The molecule has 0 bridgehead atoms. The van der Waals surface area contributed by atoms with Gasteiger partial charge in [-0.2, -0.15) is 0 Å². The summed E-state index contributed by atoms with van der Waals surface area (Å²) >= 11 is 0. The maximum absolute atomic E-state index is 14.4. The minimum atomic E-state index is -0.379. The minimum Gasteiger partial charge on any atom is -0.379 e. The van der Waals surface area contributed by atoms with E-state index < -0.39 is 0 Å². The summed E-state index contributed by atoms with van der Waals surface area (Å²) in [7, 11) is 0. The standard InChI is InChI=1S/C89H179N13O9/c1-26-110-66-67-111-65-43-53-75(103)68(47-42-58-91-78(106)69(54-63-93-80(108)73(101-88(20,21)22)50-34-40-61-97-84(8,9)10)45-28-27-29-52-76(104)71(99-86(14,15)16)48-32-38-59-95-82(2,3)4)44-30-36-56-90-77(105)70(55-64-94-81(109)74(102-89(23,24)25)51-35-41-62-98-85(11,12)13)46-31-37-57-92-79(107)72(100-87(17,18)19)49-33-39-60-96-83(5,6)7/h68-74,95-102H,26-67H2,1-25H3,(H,90,105)(H,91,106)(H,92,107)(H,93,108)(H,94,109). The third-order valence-corrected chi connectivity index (χ3v) is 19.2. The first kappa shape index (κ1) is 107. The van der Waals surface area contributed by atoms with E-state index in [0.29, 0.717) is 162 Å². The van der Waals surface area contributed by atoms with E-state index in [1.54, 1.807) is 0 Å². The van der Waals surface area contributed by atoms with Crippen molar-refractivity contribution >= 4 is 41.1 Å². The molecule has 7 unspecified atom stereocenters. The van der Waals surface area contributed by atoms with Crippen LogP contribution in [-0.4, -0.2) is 195 Å². The van der Waals surface area contributed by atoms with E-state index in [4.69, 9.17) is 9.47 Å². The number of unbranched alkanes of at least 4 members (excludes halogenated alkanes) is 8. The lowest BCUT2D eigenvalue weighted by Crippen LogP contribution is -2.52. The van der Waals surface area contributed by atoms with Gasteiger partial charge in [-0.25, -0.2) is 0 Å². The lowest BCUT2D eigenvalue weighted by Gasteiger charge is -2.28. The van der Waals surface area contributed by atoms with Gasteiger partial charge in [0, 0.05) is 121 Å². The molecular weight excluding hydrogens is 1400 g/mol. The summed E-state index contributed by atoms with van der Waals surface area (Å²) in [5.41, 5.74) is -0.877. The van der Waals surface area contributed by atoms with Crippen LogP contribution in [0.2, 0.25) is 0 Å². The molecule has 7 atom stereocenters. The van der Waals surface area contributed by atoms with Gasteiger partial charge in [-0.1, -0.05) is 51.4 Å². The van der Waals surface area contributed by atoms with E-state index >= 15 is 0 Å². The van der Waals surface area contributed by atoms with Crippen LogP contribution in [0, 0.1) is 17.8 Å². The molecule has 0 aliphatic heterocycles. The lowest BCUT2D eigenvalue weighted by molar-refractivity contribution is -0.127. The number of carbonyl (C=O) groups excluding carboxylic acids is 7. The van der Waals surface area contributed by atoms with E-state index in [9.17, 15) is 33.6 Å². The fourth-order valence-corrected chi connectivity index (χ4v) is 13.6. The molecule has 0 heterocycles. The van der Waals surface area contributed by atoms with Gasteiger partial charge in [0.05, 0.1) is 37.4 Å². The highest BCUT2D eigenvalue weighted by Crippen LogP contribution is 2.23. The summed E-state index contributed by atoms with van der Waals surface area (Å²) in [5.74, 6) is -0.846. The molecule has 5 amide bonds. The largest absolute Gasteiger partial charge is 0.379 e. The number of Topliss-reactive ketones (excluding diaryl/α,β-unsaturated/α-hetero) is 2. The van der Waals surface area contributed by atoms with Crippen molar-refractivity contribution in [3.05, 3.63) is 0 Å². The maximum Gasteiger partial charge on any atom is 0.237 e. The second-order valence-electron chi connectivity index (χ2n) is 40.2. The fraction of sp³-hybridized carbons (Fsp3) is 0.921. The van der Waals surface area contributed by atoms with Crippen LogP contribution in [0.1, 0.15) is 359 Å². The normalized spacial score (nSPS) is 14.8. The van der Waals surface area contributed by atoms with Crippen LogP contribution in [-0.2, 0) is 43.0 Å². The minimum absolute atomic E-state index is 0.00919. The quantitative estimate of drug-likeness (QED) is 0.0252. The van der Waals surface area contributed by atoms with E-state index in [2.05, 4.69) is 235 Å². The smallest absolute Gasteiger partial charge is 0.237 e. The van der Waals surface area contributed by atoms with Gasteiger partial charge < -0.3 is 78.6 Å². The molecule has 0 aliphatic rings. The number of nitrogens with one attached hydrogen (secondary N) is 13. The SMILES string of the molecule is CCOCCOCCCC(=O)C(CCCCNC(=O)C(CCCCNC(=O)C(CCCCNC(C)(C)C)NC(C)(C)C)CCNC(=O)C(CCCCNC(C)(C)C)NC(C)(C)C)CCCNC(=O)C(CCCCCC(=O)C(CCCCNC(C)(C)C)NC(C)(C)C)CCNC(=O)C(CCCCNC(C)(C)C)NC(C)(C)C. The second-order valence-corrected chi connectivity index (χ2v) is 40.2. The number of carbonyl (C=O) groups is 7. The highest BCUT2D eigenvalue weighted by Gasteiger charge is 2.30. The van der Waals surface area contributed by atoms with Crippen LogP contribution in [0.15, 0.2) is 0 Å². The molecule has 0 saturated heterocycles. The van der Waals surface area contributed by atoms with E-state index in [1.165, 1.54) is 0 Å². The summed E-state index contributed by atoms with van der Waals surface area (Å²) in [6.45, 7) is 60.5.